The molecule has 0 unspecified atom stereocenters. The maximum absolute atomic E-state index is 12.8. The number of aromatic nitrogens is 1. The molecule has 9 heteroatoms. The minimum atomic E-state index is -0.722. The highest BCUT2D eigenvalue weighted by molar-refractivity contribution is 5.99. The zero-order valence-electron chi connectivity index (χ0n) is 18.5. The van der Waals surface area contributed by atoms with Crippen LogP contribution in [0, 0.1) is 5.92 Å². The Labute approximate surface area is 186 Å². The zero-order chi connectivity index (χ0) is 23.5. The zero-order valence-corrected chi connectivity index (χ0v) is 18.5. The highest BCUT2D eigenvalue weighted by Crippen LogP contribution is 2.31. The van der Waals surface area contributed by atoms with Crippen LogP contribution in [0.4, 0.5) is 0 Å². The molecule has 0 aliphatic carbocycles. The smallest absolute Gasteiger partial charge is 0.309 e. The van der Waals surface area contributed by atoms with Gasteiger partial charge in [0.1, 0.15) is 18.5 Å². The van der Waals surface area contributed by atoms with E-state index in [1.54, 1.807) is 13.8 Å². The van der Waals surface area contributed by atoms with Crippen molar-refractivity contribution in [3.05, 3.63) is 48.3 Å². The van der Waals surface area contributed by atoms with Crippen LogP contribution in [0.2, 0.25) is 0 Å². The molecule has 0 radical (unpaired) electrons. The van der Waals surface area contributed by atoms with Crippen molar-refractivity contribution in [2.45, 2.75) is 33.3 Å². The first-order valence-corrected chi connectivity index (χ1v) is 10.0. The van der Waals surface area contributed by atoms with Crippen LogP contribution >= 0.6 is 0 Å². The quantitative estimate of drug-likeness (QED) is 0.276. The van der Waals surface area contributed by atoms with Gasteiger partial charge in [0.25, 0.3) is 0 Å². The van der Waals surface area contributed by atoms with Crippen molar-refractivity contribution in [2.75, 3.05) is 20.5 Å². The topological polar surface area (TPSA) is 110 Å². The third-order valence-corrected chi connectivity index (χ3v) is 4.25. The van der Waals surface area contributed by atoms with E-state index in [0.717, 1.165) is 0 Å². The Balaban J connectivity index is 1.94. The summed E-state index contributed by atoms with van der Waals surface area (Å²) < 4.78 is 26.3. The molecule has 0 bridgehead atoms. The van der Waals surface area contributed by atoms with Gasteiger partial charge in [-0.2, -0.15) is 0 Å². The normalized spacial score (nSPS) is 12.2. The number of ether oxygens (including phenoxy) is 5. The molecule has 2 rings (SSSR count). The minimum Gasteiger partial charge on any atom is -0.493 e. The summed E-state index contributed by atoms with van der Waals surface area (Å²) >= 11 is 0. The molecule has 0 spiro atoms. The lowest BCUT2D eigenvalue weighted by Gasteiger charge is -2.17. The summed E-state index contributed by atoms with van der Waals surface area (Å²) in [4.78, 5) is 40.2. The minimum absolute atomic E-state index is 0.0306. The van der Waals surface area contributed by atoms with Crippen LogP contribution in [0.15, 0.2) is 42.6 Å². The van der Waals surface area contributed by atoms with Crippen molar-refractivity contribution in [3.8, 4) is 17.2 Å². The van der Waals surface area contributed by atoms with E-state index in [0.29, 0.717) is 5.75 Å². The van der Waals surface area contributed by atoms with Gasteiger partial charge in [-0.25, -0.2) is 4.98 Å². The number of rotatable bonds is 12. The molecule has 2 aromatic rings. The van der Waals surface area contributed by atoms with Gasteiger partial charge in [0, 0.05) is 25.6 Å². The molecule has 0 amide bonds. The maximum Gasteiger partial charge on any atom is 0.309 e. The summed E-state index contributed by atoms with van der Waals surface area (Å²) in [6.07, 6.45) is 0.873. The number of ketones is 1. The van der Waals surface area contributed by atoms with E-state index in [1.165, 1.54) is 26.3 Å². The van der Waals surface area contributed by atoms with Crippen molar-refractivity contribution < 1.29 is 38.1 Å². The molecule has 0 saturated carbocycles. The molecule has 172 valence electrons. The number of methoxy groups -OCH3 is 1. The largest absolute Gasteiger partial charge is 0.493 e. The summed E-state index contributed by atoms with van der Waals surface area (Å²) in [6.45, 7) is 4.23. The number of hydrogen-bond acceptors (Lipinski definition) is 9. The monoisotopic (exact) mass is 445 g/mol. The fourth-order valence-electron chi connectivity index (χ4n) is 2.67. The van der Waals surface area contributed by atoms with E-state index >= 15 is 0 Å². The molecule has 32 heavy (non-hydrogen) atoms. The lowest BCUT2D eigenvalue weighted by atomic mass is 10.0. The highest BCUT2D eigenvalue weighted by atomic mass is 16.7. The number of carbonyl (C=O) groups excluding carboxylic acids is 3. The van der Waals surface area contributed by atoms with Crippen LogP contribution in [0.3, 0.4) is 0 Å². The second-order valence-corrected chi connectivity index (χ2v) is 6.99. The first-order chi connectivity index (χ1) is 15.3. The van der Waals surface area contributed by atoms with Gasteiger partial charge in [-0.05, 0) is 19.1 Å². The Bertz CT molecular complexity index is 915. The number of benzene rings is 1. The van der Waals surface area contributed by atoms with Crippen LogP contribution in [0.25, 0.3) is 0 Å². The van der Waals surface area contributed by atoms with Crippen LogP contribution in [-0.4, -0.2) is 49.3 Å². The summed E-state index contributed by atoms with van der Waals surface area (Å²) in [7, 11) is 1.40. The van der Waals surface area contributed by atoms with Gasteiger partial charge < -0.3 is 23.7 Å². The average Bonchev–Trinajstić information content (AvgIpc) is 2.77. The molecule has 1 aromatic heterocycles. The van der Waals surface area contributed by atoms with Gasteiger partial charge in [-0.1, -0.05) is 25.1 Å². The fraction of sp³-hybridized carbons (Fsp3) is 0.391. The number of carbonyl (C=O) groups is 3. The lowest BCUT2D eigenvalue weighted by Crippen LogP contribution is -2.25. The molecule has 0 fully saturated rings. The van der Waals surface area contributed by atoms with Crippen LogP contribution in [0.1, 0.15) is 37.7 Å². The van der Waals surface area contributed by atoms with Gasteiger partial charge in [0.15, 0.2) is 23.0 Å². The summed E-state index contributed by atoms with van der Waals surface area (Å²) in [5.41, 5.74) is -0.0306. The van der Waals surface area contributed by atoms with Crippen LogP contribution < -0.4 is 14.2 Å². The number of esters is 2. The predicted molar refractivity (Wildman–Crippen MR) is 114 cm³/mol. The number of nitrogens with zero attached hydrogens (tertiary/aromatic N) is 1. The third kappa shape index (κ3) is 7.57. The lowest BCUT2D eigenvalue weighted by molar-refractivity contribution is -0.150. The van der Waals surface area contributed by atoms with Crippen molar-refractivity contribution in [1.29, 1.82) is 0 Å². The summed E-state index contributed by atoms with van der Waals surface area (Å²) in [5, 5.41) is 0. The van der Waals surface area contributed by atoms with Gasteiger partial charge in [-0.3, -0.25) is 14.4 Å². The summed E-state index contributed by atoms with van der Waals surface area (Å²) in [5.74, 6) is -1.29. The first kappa shape index (κ1) is 24.6. The van der Waals surface area contributed by atoms with Crippen molar-refractivity contribution >= 4 is 17.7 Å². The van der Waals surface area contributed by atoms with Gasteiger partial charge in [-0.15, -0.1) is 0 Å². The van der Waals surface area contributed by atoms with Gasteiger partial charge >= 0.3 is 11.9 Å². The van der Waals surface area contributed by atoms with Crippen LogP contribution in [0.5, 0.6) is 17.2 Å². The number of para-hydroxylation sites is 1. The molecule has 9 nitrogen and oxygen atoms in total. The molecule has 1 heterocycles. The molecule has 1 aromatic carbocycles. The molecule has 0 N–H and O–H groups in total. The molecule has 2 atom stereocenters. The molecule has 0 aliphatic heterocycles. The first-order valence-electron chi connectivity index (χ1n) is 10.0. The Kier molecular flexibility index (Phi) is 9.46. The summed E-state index contributed by atoms with van der Waals surface area (Å²) in [6, 6.07) is 10.7. The maximum atomic E-state index is 12.8. The fourth-order valence-corrected chi connectivity index (χ4v) is 2.67. The van der Waals surface area contributed by atoms with Gasteiger partial charge in [0.2, 0.25) is 6.79 Å². The Morgan fingerprint density at radius 1 is 1.03 bits per heavy atom. The number of hydrogen-bond donors (Lipinski definition) is 0. The van der Waals surface area contributed by atoms with E-state index in [4.69, 9.17) is 23.7 Å². The Hall–Kier alpha value is -3.62. The molecule has 0 aliphatic rings. The average molecular weight is 445 g/mol. The molecular formula is C23H27NO8. The third-order valence-electron chi connectivity index (χ3n) is 4.25. The standard InChI is InChI=1S/C23H27NO8/c1-15(23(27)29-13-16(2)32-18-8-6-5-7-9-18)12-19(26)21-22(31-14-30-17(3)25)20(28-4)10-11-24-21/h5-11,15-16H,12-14H2,1-4H3/t15-,16-/m1/s1. The predicted octanol–water partition coefficient (Wildman–Crippen LogP) is 3.21. The second kappa shape index (κ2) is 12.3. The molecule has 0 saturated heterocycles. The van der Waals surface area contributed by atoms with E-state index < -0.39 is 30.4 Å². The number of Topliss-reactive ketones (excluding diaryl/α,β-unsaturated/α-hetero) is 1. The molecular weight excluding hydrogens is 418 g/mol. The Morgan fingerprint density at radius 2 is 1.75 bits per heavy atom. The van der Waals surface area contributed by atoms with Crippen molar-refractivity contribution in [1.82, 2.24) is 4.98 Å². The second-order valence-electron chi connectivity index (χ2n) is 6.99. The van der Waals surface area contributed by atoms with E-state index in [-0.39, 0.29) is 36.3 Å². The SMILES string of the molecule is COc1ccnc(C(=O)C[C@@H](C)C(=O)OC[C@@H](C)Oc2ccccc2)c1OCOC(C)=O. The Morgan fingerprint density at radius 3 is 2.41 bits per heavy atom. The highest BCUT2D eigenvalue weighted by Gasteiger charge is 2.25. The van der Waals surface area contributed by atoms with Gasteiger partial charge in [0.05, 0.1) is 13.0 Å². The van der Waals surface area contributed by atoms with E-state index in [9.17, 15) is 14.4 Å². The van der Waals surface area contributed by atoms with Crippen LogP contribution in [-0.2, 0) is 19.1 Å². The van der Waals surface area contributed by atoms with E-state index in [1.807, 2.05) is 30.3 Å². The number of pyridine rings is 1. The van der Waals surface area contributed by atoms with Crippen molar-refractivity contribution in [3.63, 3.8) is 0 Å². The van der Waals surface area contributed by atoms with Crippen molar-refractivity contribution in [2.24, 2.45) is 5.92 Å². The van der Waals surface area contributed by atoms with E-state index in [2.05, 4.69) is 4.98 Å².